The molecular weight excluding hydrogens is 250 g/mol. The molecule has 0 aliphatic carbocycles. The lowest BCUT2D eigenvalue weighted by molar-refractivity contribution is 0.197. The highest BCUT2D eigenvalue weighted by molar-refractivity contribution is 5.30. The predicted molar refractivity (Wildman–Crippen MR) is 82.1 cm³/mol. The van der Waals surface area contributed by atoms with E-state index in [-0.39, 0.29) is 0 Å². The van der Waals surface area contributed by atoms with Gasteiger partial charge in [0.05, 0.1) is 6.04 Å². The Bertz CT molecular complexity index is 495. The highest BCUT2D eigenvalue weighted by Crippen LogP contribution is 2.24. The molecule has 20 heavy (non-hydrogen) atoms. The zero-order valence-electron chi connectivity index (χ0n) is 12.2. The SMILES string of the molecule is CCC(c1ccccc1)n1ccnc1NCCCOC. The lowest BCUT2D eigenvalue weighted by Gasteiger charge is -2.20. The summed E-state index contributed by atoms with van der Waals surface area (Å²) in [5.41, 5.74) is 1.31. The first-order valence-electron chi connectivity index (χ1n) is 7.17. The summed E-state index contributed by atoms with van der Waals surface area (Å²) in [6.07, 6.45) is 5.91. The molecule has 0 spiro atoms. The maximum atomic E-state index is 5.06. The van der Waals surface area contributed by atoms with E-state index < -0.39 is 0 Å². The molecule has 0 fully saturated rings. The standard InChI is InChI=1S/C16H23N3O/c1-3-15(14-8-5-4-6-9-14)19-12-11-18-16(19)17-10-7-13-20-2/h4-6,8-9,11-12,15H,3,7,10,13H2,1-2H3,(H,17,18). The van der Waals surface area contributed by atoms with E-state index in [1.54, 1.807) is 7.11 Å². The third-order valence-electron chi connectivity index (χ3n) is 3.38. The fourth-order valence-electron chi connectivity index (χ4n) is 2.39. The van der Waals surface area contributed by atoms with Crippen molar-refractivity contribution in [3.05, 3.63) is 48.3 Å². The van der Waals surface area contributed by atoms with Crippen LogP contribution < -0.4 is 5.32 Å². The maximum Gasteiger partial charge on any atom is 0.203 e. The molecule has 1 unspecified atom stereocenters. The summed E-state index contributed by atoms with van der Waals surface area (Å²) < 4.78 is 7.27. The topological polar surface area (TPSA) is 39.1 Å². The van der Waals surface area contributed by atoms with Gasteiger partial charge < -0.3 is 14.6 Å². The van der Waals surface area contributed by atoms with E-state index >= 15 is 0 Å². The minimum absolute atomic E-state index is 0.323. The average Bonchev–Trinajstić information content (AvgIpc) is 2.94. The van der Waals surface area contributed by atoms with Gasteiger partial charge in [0, 0.05) is 32.7 Å². The van der Waals surface area contributed by atoms with Crippen molar-refractivity contribution >= 4 is 5.95 Å². The van der Waals surface area contributed by atoms with Gasteiger partial charge in [-0.15, -0.1) is 0 Å². The van der Waals surface area contributed by atoms with Crippen LogP contribution in [0.25, 0.3) is 0 Å². The monoisotopic (exact) mass is 273 g/mol. The van der Waals surface area contributed by atoms with Crippen LogP contribution in [-0.2, 0) is 4.74 Å². The Kier molecular flexibility index (Phi) is 5.62. The zero-order chi connectivity index (χ0) is 14.2. The fraction of sp³-hybridized carbons (Fsp3) is 0.438. The van der Waals surface area contributed by atoms with E-state index in [0.29, 0.717) is 6.04 Å². The van der Waals surface area contributed by atoms with Crippen LogP contribution in [-0.4, -0.2) is 29.8 Å². The first kappa shape index (κ1) is 14.6. The van der Waals surface area contributed by atoms with Crippen molar-refractivity contribution in [2.75, 3.05) is 25.6 Å². The van der Waals surface area contributed by atoms with Crippen molar-refractivity contribution in [3.8, 4) is 0 Å². The largest absolute Gasteiger partial charge is 0.385 e. The highest BCUT2D eigenvalue weighted by Gasteiger charge is 2.14. The Hall–Kier alpha value is -1.81. The number of anilines is 1. The molecule has 1 aromatic carbocycles. The van der Waals surface area contributed by atoms with Gasteiger partial charge in [-0.3, -0.25) is 0 Å². The number of hydrogen-bond acceptors (Lipinski definition) is 3. The molecular formula is C16H23N3O. The Balaban J connectivity index is 2.09. The number of nitrogens with zero attached hydrogens (tertiary/aromatic N) is 2. The number of benzene rings is 1. The molecule has 0 bridgehead atoms. The van der Waals surface area contributed by atoms with Crippen LogP contribution in [0.2, 0.25) is 0 Å². The van der Waals surface area contributed by atoms with E-state index in [1.807, 2.05) is 18.5 Å². The molecule has 0 amide bonds. The highest BCUT2D eigenvalue weighted by atomic mass is 16.5. The van der Waals surface area contributed by atoms with E-state index in [0.717, 1.165) is 31.9 Å². The van der Waals surface area contributed by atoms with Crippen molar-refractivity contribution in [2.24, 2.45) is 0 Å². The van der Waals surface area contributed by atoms with Crippen LogP contribution in [0.3, 0.4) is 0 Å². The first-order valence-corrected chi connectivity index (χ1v) is 7.17. The first-order chi connectivity index (χ1) is 9.86. The smallest absolute Gasteiger partial charge is 0.203 e. The summed E-state index contributed by atoms with van der Waals surface area (Å²) in [6.45, 7) is 3.84. The summed E-state index contributed by atoms with van der Waals surface area (Å²) >= 11 is 0. The van der Waals surface area contributed by atoms with Crippen molar-refractivity contribution in [1.29, 1.82) is 0 Å². The number of nitrogens with one attached hydrogen (secondary N) is 1. The molecule has 4 nitrogen and oxygen atoms in total. The van der Waals surface area contributed by atoms with Crippen LogP contribution >= 0.6 is 0 Å². The lowest BCUT2D eigenvalue weighted by atomic mass is 10.0. The molecule has 4 heteroatoms. The Morgan fingerprint density at radius 1 is 1.30 bits per heavy atom. The second kappa shape index (κ2) is 7.70. The molecule has 0 aliphatic rings. The Labute approximate surface area is 120 Å². The average molecular weight is 273 g/mol. The normalized spacial score (nSPS) is 12.3. The molecule has 1 heterocycles. The van der Waals surface area contributed by atoms with Crippen LogP contribution in [0.1, 0.15) is 31.4 Å². The van der Waals surface area contributed by atoms with Gasteiger partial charge in [0.25, 0.3) is 0 Å². The molecule has 0 aliphatic heterocycles. The third kappa shape index (κ3) is 3.61. The van der Waals surface area contributed by atoms with Crippen molar-refractivity contribution in [2.45, 2.75) is 25.8 Å². The maximum absolute atomic E-state index is 5.06. The van der Waals surface area contributed by atoms with Crippen LogP contribution in [0.4, 0.5) is 5.95 Å². The van der Waals surface area contributed by atoms with Crippen molar-refractivity contribution in [3.63, 3.8) is 0 Å². The van der Waals surface area contributed by atoms with Gasteiger partial charge in [0.2, 0.25) is 5.95 Å². The minimum Gasteiger partial charge on any atom is -0.385 e. The molecule has 2 rings (SSSR count). The van der Waals surface area contributed by atoms with E-state index in [9.17, 15) is 0 Å². The van der Waals surface area contributed by atoms with Gasteiger partial charge in [-0.2, -0.15) is 0 Å². The number of ether oxygens (including phenoxy) is 1. The zero-order valence-corrected chi connectivity index (χ0v) is 12.2. The molecule has 1 aromatic heterocycles. The Morgan fingerprint density at radius 2 is 2.10 bits per heavy atom. The number of imidazole rings is 1. The summed E-state index contributed by atoms with van der Waals surface area (Å²) in [5, 5.41) is 3.38. The fourth-order valence-corrected chi connectivity index (χ4v) is 2.39. The number of rotatable bonds is 8. The van der Waals surface area contributed by atoms with Gasteiger partial charge in [0.15, 0.2) is 0 Å². The molecule has 0 saturated carbocycles. The molecule has 1 atom stereocenters. The summed E-state index contributed by atoms with van der Waals surface area (Å²) in [6, 6.07) is 10.9. The molecule has 0 radical (unpaired) electrons. The van der Waals surface area contributed by atoms with Gasteiger partial charge >= 0.3 is 0 Å². The predicted octanol–water partition coefficient (Wildman–Crippen LogP) is 3.33. The summed E-state index contributed by atoms with van der Waals surface area (Å²) in [5.74, 6) is 0.928. The second-order valence-corrected chi connectivity index (χ2v) is 4.77. The Morgan fingerprint density at radius 3 is 2.80 bits per heavy atom. The number of methoxy groups -OCH3 is 1. The second-order valence-electron chi connectivity index (χ2n) is 4.77. The lowest BCUT2D eigenvalue weighted by Crippen LogP contribution is -2.15. The van der Waals surface area contributed by atoms with E-state index in [4.69, 9.17) is 4.74 Å². The van der Waals surface area contributed by atoms with Crippen LogP contribution in [0.15, 0.2) is 42.7 Å². The minimum atomic E-state index is 0.323. The van der Waals surface area contributed by atoms with Gasteiger partial charge in [-0.05, 0) is 18.4 Å². The molecule has 108 valence electrons. The number of hydrogen-bond donors (Lipinski definition) is 1. The molecule has 0 saturated heterocycles. The van der Waals surface area contributed by atoms with Gasteiger partial charge in [-0.25, -0.2) is 4.98 Å². The third-order valence-corrected chi connectivity index (χ3v) is 3.38. The quantitative estimate of drug-likeness (QED) is 0.750. The van der Waals surface area contributed by atoms with Crippen LogP contribution in [0, 0.1) is 0 Å². The molecule has 2 aromatic rings. The summed E-state index contributed by atoms with van der Waals surface area (Å²) in [4.78, 5) is 4.42. The van der Waals surface area contributed by atoms with Gasteiger partial charge in [0.1, 0.15) is 0 Å². The van der Waals surface area contributed by atoms with Crippen molar-refractivity contribution < 1.29 is 4.74 Å². The van der Waals surface area contributed by atoms with E-state index in [2.05, 4.69) is 46.1 Å². The van der Waals surface area contributed by atoms with Crippen LogP contribution in [0.5, 0.6) is 0 Å². The number of aromatic nitrogens is 2. The van der Waals surface area contributed by atoms with E-state index in [1.165, 1.54) is 5.56 Å². The van der Waals surface area contributed by atoms with Crippen molar-refractivity contribution in [1.82, 2.24) is 9.55 Å². The molecule has 1 N–H and O–H groups in total. The van der Waals surface area contributed by atoms with Gasteiger partial charge in [-0.1, -0.05) is 37.3 Å². The summed E-state index contributed by atoms with van der Waals surface area (Å²) in [7, 11) is 1.73.